The largest absolute Gasteiger partial charge is 0.0683 e. The predicted molar refractivity (Wildman–Crippen MR) is 67.0 cm³/mol. The molecule has 15 heavy (non-hydrogen) atoms. The minimum Gasteiger partial charge on any atom is -0.0683 e. The number of benzene rings is 1. The average molecular weight is 200 g/mol. The van der Waals surface area contributed by atoms with Crippen LogP contribution in [-0.2, 0) is 12.8 Å². The molecule has 0 amide bonds. The van der Waals surface area contributed by atoms with Crippen molar-refractivity contribution in [2.45, 2.75) is 46.0 Å². The van der Waals surface area contributed by atoms with Gasteiger partial charge in [0.05, 0.1) is 0 Å². The minimum atomic E-state index is 1.16. The van der Waals surface area contributed by atoms with Crippen LogP contribution in [0.4, 0.5) is 0 Å². The number of unbranched alkanes of at least 4 members (excludes halogenated alkanes) is 2. The van der Waals surface area contributed by atoms with Crippen molar-refractivity contribution in [1.29, 1.82) is 0 Å². The van der Waals surface area contributed by atoms with Crippen molar-refractivity contribution in [3.05, 3.63) is 40.5 Å². The van der Waals surface area contributed by atoms with Gasteiger partial charge in [0, 0.05) is 0 Å². The van der Waals surface area contributed by atoms with Crippen LogP contribution in [0.25, 0.3) is 6.08 Å². The van der Waals surface area contributed by atoms with Gasteiger partial charge in [-0.15, -0.1) is 0 Å². The maximum absolute atomic E-state index is 2.37. The third-order valence-electron chi connectivity index (χ3n) is 3.20. The summed E-state index contributed by atoms with van der Waals surface area (Å²) in [5.74, 6) is 0. The van der Waals surface area contributed by atoms with Crippen LogP contribution in [-0.4, -0.2) is 0 Å². The molecule has 0 atom stereocenters. The molecule has 0 heterocycles. The van der Waals surface area contributed by atoms with E-state index < -0.39 is 0 Å². The van der Waals surface area contributed by atoms with Crippen LogP contribution in [0, 0.1) is 0 Å². The normalized spacial score (nSPS) is 13.9. The number of fused-ring (bicyclic) bond motifs is 1. The standard InChI is InChI=1S/C15H20/c1-3-4-5-7-13-8-6-9-14-10-12(2)11-15(13)14/h6,8-9,11H,3-5,7,10H2,1-2H3. The topological polar surface area (TPSA) is 0 Å². The first-order valence-electron chi connectivity index (χ1n) is 6.09. The molecule has 1 aliphatic rings. The summed E-state index contributed by atoms with van der Waals surface area (Å²) in [5.41, 5.74) is 6.11. The number of aryl methyl sites for hydroxylation is 1. The molecule has 0 saturated heterocycles. The van der Waals surface area contributed by atoms with Gasteiger partial charge in [0.2, 0.25) is 0 Å². The van der Waals surface area contributed by atoms with E-state index in [9.17, 15) is 0 Å². The number of allylic oxidation sites excluding steroid dienone is 1. The molecule has 1 aliphatic carbocycles. The Morgan fingerprint density at radius 3 is 2.87 bits per heavy atom. The zero-order valence-corrected chi connectivity index (χ0v) is 9.84. The van der Waals surface area contributed by atoms with Crippen molar-refractivity contribution < 1.29 is 0 Å². The molecule has 0 unspecified atom stereocenters. The fourth-order valence-corrected chi connectivity index (χ4v) is 2.39. The van der Waals surface area contributed by atoms with Gasteiger partial charge in [-0.05, 0) is 42.9 Å². The molecule has 1 aromatic rings. The van der Waals surface area contributed by atoms with Gasteiger partial charge in [-0.1, -0.05) is 49.6 Å². The summed E-state index contributed by atoms with van der Waals surface area (Å²) in [7, 11) is 0. The Kier molecular flexibility index (Phi) is 3.25. The highest BCUT2D eigenvalue weighted by molar-refractivity contribution is 5.66. The Morgan fingerprint density at radius 1 is 1.20 bits per heavy atom. The number of rotatable bonds is 4. The van der Waals surface area contributed by atoms with E-state index in [2.05, 4.69) is 38.1 Å². The fourth-order valence-electron chi connectivity index (χ4n) is 2.39. The molecule has 0 aromatic heterocycles. The SMILES string of the molecule is CCCCCc1cccc2c1C=C(C)C2. The molecule has 0 saturated carbocycles. The Labute approximate surface area is 93.0 Å². The summed E-state index contributed by atoms with van der Waals surface area (Å²) in [6.45, 7) is 4.50. The van der Waals surface area contributed by atoms with E-state index >= 15 is 0 Å². The maximum Gasteiger partial charge on any atom is -0.00605 e. The average Bonchev–Trinajstić information content (AvgIpc) is 2.59. The van der Waals surface area contributed by atoms with Crippen LogP contribution in [0.5, 0.6) is 0 Å². The summed E-state index contributed by atoms with van der Waals surface area (Å²) in [4.78, 5) is 0. The molecule has 0 spiro atoms. The molecule has 2 rings (SSSR count). The summed E-state index contributed by atoms with van der Waals surface area (Å²) < 4.78 is 0. The van der Waals surface area contributed by atoms with Crippen LogP contribution >= 0.6 is 0 Å². The molecular weight excluding hydrogens is 180 g/mol. The Hall–Kier alpha value is -1.04. The zero-order valence-electron chi connectivity index (χ0n) is 9.84. The van der Waals surface area contributed by atoms with Crippen molar-refractivity contribution in [3.63, 3.8) is 0 Å². The quantitative estimate of drug-likeness (QED) is 0.633. The molecule has 0 aliphatic heterocycles. The molecule has 0 fully saturated rings. The number of hydrogen-bond donors (Lipinski definition) is 0. The van der Waals surface area contributed by atoms with Gasteiger partial charge in [-0.2, -0.15) is 0 Å². The third kappa shape index (κ3) is 2.31. The van der Waals surface area contributed by atoms with E-state index in [1.54, 1.807) is 5.56 Å². The summed E-state index contributed by atoms with van der Waals surface area (Å²) in [6.07, 6.45) is 8.78. The molecule has 0 heteroatoms. The lowest BCUT2D eigenvalue weighted by molar-refractivity contribution is 0.716. The molecular formula is C15H20. The van der Waals surface area contributed by atoms with Crippen molar-refractivity contribution in [2.24, 2.45) is 0 Å². The van der Waals surface area contributed by atoms with E-state index in [0.717, 1.165) is 6.42 Å². The molecule has 0 N–H and O–H groups in total. The van der Waals surface area contributed by atoms with Gasteiger partial charge in [-0.3, -0.25) is 0 Å². The number of hydrogen-bond acceptors (Lipinski definition) is 0. The van der Waals surface area contributed by atoms with Gasteiger partial charge in [0.15, 0.2) is 0 Å². The molecule has 0 radical (unpaired) electrons. The lowest BCUT2D eigenvalue weighted by Crippen LogP contribution is -1.92. The van der Waals surface area contributed by atoms with Gasteiger partial charge in [-0.25, -0.2) is 0 Å². The van der Waals surface area contributed by atoms with E-state index in [1.807, 2.05) is 0 Å². The van der Waals surface area contributed by atoms with Crippen molar-refractivity contribution >= 4 is 6.08 Å². The van der Waals surface area contributed by atoms with Gasteiger partial charge < -0.3 is 0 Å². The highest BCUT2D eigenvalue weighted by atomic mass is 14.2. The van der Waals surface area contributed by atoms with Crippen molar-refractivity contribution in [1.82, 2.24) is 0 Å². The summed E-state index contributed by atoms with van der Waals surface area (Å²) >= 11 is 0. The van der Waals surface area contributed by atoms with Crippen molar-refractivity contribution in [2.75, 3.05) is 0 Å². The summed E-state index contributed by atoms with van der Waals surface area (Å²) in [5, 5.41) is 0. The lowest BCUT2D eigenvalue weighted by Gasteiger charge is -2.06. The van der Waals surface area contributed by atoms with E-state index in [1.165, 1.54) is 42.4 Å². The van der Waals surface area contributed by atoms with Gasteiger partial charge >= 0.3 is 0 Å². The smallest absolute Gasteiger partial charge is 0.00605 e. The Morgan fingerprint density at radius 2 is 2.07 bits per heavy atom. The van der Waals surface area contributed by atoms with Crippen LogP contribution in [0.15, 0.2) is 23.8 Å². The molecule has 1 aromatic carbocycles. The second kappa shape index (κ2) is 4.65. The first-order valence-corrected chi connectivity index (χ1v) is 6.09. The Bertz CT molecular complexity index is 372. The zero-order chi connectivity index (χ0) is 10.7. The van der Waals surface area contributed by atoms with E-state index in [-0.39, 0.29) is 0 Å². The van der Waals surface area contributed by atoms with E-state index in [0.29, 0.717) is 0 Å². The lowest BCUT2D eigenvalue weighted by atomic mass is 9.99. The predicted octanol–water partition coefficient (Wildman–Crippen LogP) is 4.38. The molecule has 0 bridgehead atoms. The van der Waals surface area contributed by atoms with Crippen molar-refractivity contribution in [3.8, 4) is 0 Å². The van der Waals surface area contributed by atoms with E-state index in [4.69, 9.17) is 0 Å². The Balaban J connectivity index is 2.15. The summed E-state index contributed by atoms with van der Waals surface area (Å²) in [6, 6.07) is 6.78. The highest BCUT2D eigenvalue weighted by Crippen LogP contribution is 2.28. The molecule has 80 valence electrons. The fraction of sp³-hybridized carbons (Fsp3) is 0.467. The third-order valence-corrected chi connectivity index (χ3v) is 3.20. The van der Waals surface area contributed by atoms with Gasteiger partial charge in [0.1, 0.15) is 0 Å². The van der Waals surface area contributed by atoms with Gasteiger partial charge in [0.25, 0.3) is 0 Å². The van der Waals surface area contributed by atoms with Crippen LogP contribution < -0.4 is 0 Å². The van der Waals surface area contributed by atoms with Crippen LogP contribution in [0.2, 0.25) is 0 Å². The second-order valence-corrected chi connectivity index (χ2v) is 4.61. The monoisotopic (exact) mass is 200 g/mol. The first-order chi connectivity index (χ1) is 7.31. The molecule has 0 nitrogen and oxygen atoms in total. The highest BCUT2D eigenvalue weighted by Gasteiger charge is 2.12. The first kappa shape index (κ1) is 10.5. The second-order valence-electron chi connectivity index (χ2n) is 4.61. The van der Waals surface area contributed by atoms with Crippen LogP contribution in [0.1, 0.15) is 49.8 Å². The van der Waals surface area contributed by atoms with Crippen LogP contribution in [0.3, 0.4) is 0 Å². The minimum absolute atomic E-state index is 1.16. The maximum atomic E-state index is 2.37.